The molecule has 2 saturated heterocycles. The van der Waals surface area contributed by atoms with Crippen LogP contribution in [0.3, 0.4) is 0 Å². The van der Waals surface area contributed by atoms with E-state index >= 15 is 0 Å². The third kappa shape index (κ3) is 1.21. The minimum absolute atomic E-state index is 0.130. The van der Waals surface area contributed by atoms with Gasteiger partial charge in [0.25, 0.3) is 0 Å². The largest absolute Gasteiger partial charge is 0.497 e. The minimum atomic E-state index is 0.130. The third-order valence-electron chi connectivity index (χ3n) is 2.80. The summed E-state index contributed by atoms with van der Waals surface area (Å²) in [6.07, 6.45) is 0.774. The van der Waals surface area contributed by atoms with Crippen LogP contribution in [0.1, 0.15) is 11.7 Å². The van der Waals surface area contributed by atoms with Gasteiger partial charge in [-0.2, -0.15) is 0 Å². The van der Waals surface area contributed by atoms with Crippen molar-refractivity contribution in [2.75, 3.05) is 13.7 Å². The maximum Gasteiger partial charge on any atom is 0.118 e. The van der Waals surface area contributed by atoms with Crippen molar-refractivity contribution in [2.45, 2.75) is 18.3 Å². The smallest absolute Gasteiger partial charge is 0.118 e. The van der Waals surface area contributed by atoms with Gasteiger partial charge in [-0.1, -0.05) is 12.1 Å². The van der Waals surface area contributed by atoms with Crippen LogP contribution in [0, 0.1) is 0 Å². The van der Waals surface area contributed by atoms with Crippen molar-refractivity contribution < 1.29 is 14.2 Å². The van der Waals surface area contributed by atoms with Gasteiger partial charge in [-0.25, -0.2) is 0 Å². The van der Waals surface area contributed by atoms with Crippen LogP contribution in [0.5, 0.6) is 5.75 Å². The first kappa shape index (κ1) is 8.26. The summed E-state index contributed by atoms with van der Waals surface area (Å²) < 4.78 is 16.1. The molecule has 0 amide bonds. The highest BCUT2D eigenvalue weighted by atomic mass is 16.7. The second-order valence-corrected chi connectivity index (χ2v) is 3.67. The zero-order valence-corrected chi connectivity index (χ0v) is 7.97. The zero-order chi connectivity index (χ0) is 9.54. The Morgan fingerprint density at radius 2 is 2.07 bits per heavy atom. The van der Waals surface area contributed by atoms with Gasteiger partial charge in [-0.05, 0) is 17.7 Å². The number of fused-ring (bicyclic) bond motifs is 1. The lowest BCUT2D eigenvalue weighted by Gasteiger charge is -2.11. The summed E-state index contributed by atoms with van der Waals surface area (Å²) in [5.41, 5.74) is 1.18. The maximum absolute atomic E-state index is 5.61. The van der Waals surface area contributed by atoms with Crippen molar-refractivity contribution in [1.82, 2.24) is 0 Å². The van der Waals surface area contributed by atoms with Gasteiger partial charge in [-0.3, -0.25) is 0 Å². The summed E-state index contributed by atoms with van der Waals surface area (Å²) in [5.74, 6) is 0.875. The van der Waals surface area contributed by atoms with Gasteiger partial charge >= 0.3 is 0 Å². The Labute approximate surface area is 82.6 Å². The van der Waals surface area contributed by atoms with Crippen molar-refractivity contribution in [3.05, 3.63) is 29.8 Å². The predicted octanol–water partition coefficient (Wildman–Crippen LogP) is 1.53. The summed E-state index contributed by atoms with van der Waals surface area (Å²) in [7, 11) is 1.67. The van der Waals surface area contributed by atoms with Gasteiger partial charge in [0.05, 0.1) is 13.7 Å². The van der Waals surface area contributed by atoms with Crippen LogP contribution in [-0.2, 0) is 9.47 Å². The SMILES string of the molecule is COc1ccc([C@@H]2OC[C@H]3O[C@@H]32)cc1. The second kappa shape index (κ2) is 2.97. The highest BCUT2D eigenvalue weighted by Crippen LogP contribution is 2.43. The Morgan fingerprint density at radius 1 is 1.29 bits per heavy atom. The molecule has 2 fully saturated rings. The van der Waals surface area contributed by atoms with Crippen LogP contribution in [-0.4, -0.2) is 25.9 Å². The summed E-state index contributed by atoms with van der Waals surface area (Å²) in [6, 6.07) is 7.98. The second-order valence-electron chi connectivity index (χ2n) is 3.67. The fraction of sp³-hybridized carbons (Fsp3) is 0.455. The summed E-state index contributed by atoms with van der Waals surface area (Å²) in [5, 5.41) is 0. The molecule has 0 radical (unpaired) electrons. The van der Waals surface area contributed by atoms with Gasteiger partial charge in [0.2, 0.25) is 0 Å². The molecule has 1 aromatic rings. The summed E-state index contributed by atoms with van der Waals surface area (Å²) >= 11 is 0. The molecular weight excluding hydrogens is 180 g/mol. The van der Waals surface area contributed by atoms with E-state index in [9.17, 15) is 0 Å². The molecule has 0 spiro atoms. The Hall–Kier alpha value is -1.06. The fourth-order valence-electron chi connectivity index (χ4n) is 1.93. The Bertz CT molecular complexity index is 333. The topological polar surface area (TPSA) is 31.0 Å². The van der Waals surface area contributed by atoms with E-state index in [-0.39, 0.29) is 6.10 Å². The van der Waals surface area contributed by atoms with Gasteiger partial charge in [0.15, 0.2) is 0 Å². The van der Waals surface area contributed by atoms with E-state index in [0.717, 1.165) is 12.4 Å². The lowest BCUT2D eigenvalue weighted by molar-refractivity contribution is 0.0282. The monoisotopic (exact) mass is 192 g/mol. The van der Waals surface area contributed by atoms with Crippen molar-refractivity contribution in [2.24, 2.45) is 0 Å². The lowest BCUT2D eigenvalue weighted by Crippen LogP contribution is -2.04. The van der Waals surface area contributed by atoms with Crippen LogP contribution < -0.4 is 4.74 Å². The van der Waals surface area contributed by atoms with Crippen LogP contribution in [0.2, 0.25) is 0 Å². The van der Waals surface area contributed by atoms with Crippen LogP contribution in [0.25, 0.3) is 0 Å². The number of hydrogen-bond acceptors (Lipinski definition) is 3. The molecule has 0 bridgehead atoms. The lowest BCUT2D eigenvalue weighted by atomic mass is 10.1. The number of methoxy groups -OCH3 is 1. The average molecular weight is 192 g/mol. The molecule has 0 unspecified atom stereocenters. The van der Waals surface area contributed by atoms with E-state index in [1.165, 1.54) is 5.56 Å². The fourth-order valence-corrected chi connectivity index (χ4v) is 1.93. The highest BCUT2D eigenvalue weighted by Gasteiger charge is 2.52. The normalized spacial score (nSPS) is 33.9. The molecule has 2 heterocycles. The van der Waals surface area contributed by atoms with Crippen molar-refractivity contribution in [3.63, 3.8) is 0 Å². The molecule has 2 aliphatic heterocycles. The van der Waals surface area contributed by atoms with E-state index in [2.05, 4.69) is 0 Å². The molecular formula is C11H12O3. The first-order valence-corrected chi connectivity index (χ1v) is 4.79. The van der Waals surface area contributed by atoms with Gasteiger partial charge in [0.1, 0.15) is 24.1 Å². The molecule has 3 rings (SSSR count). The van der Waals surface area contributed by atoms with Crippen LogP contribution in [0.15, 0.2) is 24.3 Å². The number of rotatable bonds is 2. The molecule has 0 aromatic heterocycles. The van der Waals surface area contributed by atoms with Crippen molar-refractivity contribution in [1.29, 1.82) is 0 Å². The molecule has 1 aromatic carbocycles. The number of ether oxygens (including phenoxy) is 3. The molecule has 74 valence electrons. The molecule has 0 aliphatic carbocycles. The Morgan fingerprint density at radius 3 is 2.57 bits per heavy atom. The summed E-state index contributed by atoms with van der Waals surface area (Å²) in [4.78, 5) is 0. The Kier molecular flexibility index (Phi) is 1.75. The molecule has 3 atom stereocenters. The molecule has 0 saturated carbocycles. The molecule has 0 N–H and O–H groups in total. The number of benzene rings is 1. The van der Waals surface area contributed by atoms with Gasteiger partial charge < -0.3 is 14.2 Å². The average Bonchev–Trinajstić information content (AvgIpc) is 2.91. The maximum atomic E-state index is 5.61. The van der Waals surface area contributed by atoms with Crippen LogP contribution in [0.4, 0.5) is 0 Å². The van der Waals surface area contributed by atoms with E-state index in [4.69, 9.17) is 14.2 Å². The first-order chi connectivity index (χ1) is 6.88. The summed E-state index contributed by atoms with van der Waals surface area (Å²) in [6.45, 7) is 0.737. The molecule has 3 nitrogen and oxygen atoms in total. The van der Waals surface area contributed by atoms with Gasteiger partial charge in [0, 0.05) is 0 Å². The van der Waals surface area contributed by atoms with E-state index in [1.807, 2.05) is 24.3 Å². The number of hydrogen-bond donors (Lipinski definition) is 0. The van der Waals surface area contributed by atoms with E-state index in [1.54, 1.807) is 7.11 Å². The van der Waals surface area contributed by atoms with E-state index < -0.39 is 0 Å². The standard InChI is InChI=1S/C11H12O3/c1-12-8-4-2-7(3-5-8)10-11-9(14-11)6-13-10/h2-5,9-11H,6H2,1H3/t9-,10+,11+/m1/s1. The van der Waals surface area contributed by atoms with Crippen molar-refractivity contribution in [3.8, 4) is 5.75 Å². The molecule has 14 heavy (non-hydrogen) atoms. The van der Waals surface area contributed by atoms with Gasteiger partial charge in [-0.15, -0.1) is 0 Å². The van der Waals surface area contributed by atoms with Crippen LogP contribution >= 0.6 is 0 Å². The predicted molar refractivity (Wildman–Crippen MR) is 50.3 cm³/mol. The zero-order valence-electron chi connectivity index (χ0n) is 7.97. The minimum Gasteiger partial charge on any atom is -0.497 e. The first-order valence-electron chi connectivity index (χ1n) is 4.79. The number of epoxide rings is 1. The van der Waals surface area contributed by atoms with E-state index in [0.29, 0.717) is 12.2 Å². The molecule has 2 aliphatic rings. The van der Waals surface area contributed by atoms with Crippen molar-refractivity contribution >= 4 is 0 Å². The quantitative estimate of drug-likeness (QED) is 0.666. The molecule has 3 heteroatoms. The Balaban J connectivity index is 1.82. The third-order valence-corrected chi connectivity index (χ3v) is 2.80. The highest BCUT2D eigenvalue weighted by molar-refractivity contribution is 5.30.